The van der Waals surface area contributed by atoms with Crippen molar-refractivity contribution in [3.05, 3.63) is 41.9 Å². The molecular formula is C15H17ClN4. The molecule has 3 rings (SSSR count). The molecule has 0 saturated heterocycles. The second-order valence-corrected chi connectivity index (χ2v) is 5.49. The minimum atomic E-state index is -0.160. The fraction of sp³-hybridized carbons (Fsp3) is 0.333. The van der Waals surface area contributed by atoms with E-state index in [0.29, 0.717) is 0 Å². The fourth-order valence-electron chi connectivity index (χ4n) is 2.50. The van der Waals surface area contributed by atoms with Crippen LogP contribution in [-0.4, -0.2) is 19.3 Å². The summed E-state index contributed by atoms with van der Waals surface area (Å²) in [5.74, 6) is 0.857. The predicted molar refractivity (Wildman–Crippen MR) is 81.5 cm³/mol. The van der Waals surface area contributed by atoms with Crippen molar-refractivity contribution < 1.29 is 0 Å². The largest absolute Gasteiger partial charge is 0.280 e. The first-order valence-electron chi connectivity index (χ1n) is 6.78. The zero-order chi connectivity index (χ0) is 14.3. The molecule has 0 aliphatic heterocycles. The van der Waals surface area contributed by atoms with E-state index in [1.807, 2.05) is 36.7 Å². The van der Waals surface area contributed by atoms with Crippen LogP contribution in [0.5, 0.6) is 0 Å². The van der Waals surface area contributed by atoms with Crippen LogP contribution in [0, 0.1) is 6.92 Å². The van der Waals surface area contributed by atoms with Crippen LogP contribution >= 0.6 is 11.6 Å². The molecule has 0 aliphatic carbocycles. The van der Waals surface area contributed by atoms with Gasteiger partial charge in [0.15, 0.2) is 5.65 Å². The van der Waals surface area contributed by atoms with Gasteiger partial charge in [-0.3, -0.25) is 4.57 Å². The van der Waals surface area contributed by atoms with E-state index < -0.39 is 0 Å². The number of fused-ring (bicyclic) bond motifs is 1. The van der Waals surface area contributed by atoms with Gasteiger partial charge in [0.05, 0.1) is 11.1 Å². The monoisotopic (exact) mass is 288 g/mol. The molecule has 0 spiro atoms. The second-order valence-electron chi connectivity index (χ2n) is 4.83. The Morgan fingerprint density at radius 2 is 1.95 bits per heavy atom. The van der Waals surface area contributed by atoms with Crippen molar-refractivity contribution >= 4 is 22.8 Å². The number of benzene rings is 1. The van der Waals surface area contributed by atoms with Crippen molar-refractivity contribution in [3.8, 4) is 5.69 Å². The third-order valence-corrected chi connectivity index (χ3v) is 3.60. The zero-order valence-electron chi connectivity index (χ0n) is 11.8. The van der Waals surface area contributed by atoms with Gasteiger partial charge in [-0.15, -0.1) is 11.6 Å². The van der Waals surface area contributed by atoms with E-state index in [0.717, 1.165) is 34.9 Å². The van der Waals surface area contributed by atoms with Gasteiger partial charge < -0.3 is 0 Å². The number of nitrogens with zero attached hydrogens (tertiary/aromatic N) is 4. The minimum absolute atomic E-state index is 0.160. The Kier molecular flexibility index (Phi) is 3.26. The highest BCUT2D eigenvalue weighted by Gasteiger charge is 2.21. The van der Waals surface area contributed by atoms with Crippen LogP contribution in [0.3, 0.4) is 0 Å². The molecule has 1 aromatic carbocycles. The van der Waals surface area contributed by atoms with Gasteiger partial charge in [0.1, 0.15) is 11.3 Å². The van der Waals surface area contributed by atoms with Crippen molar-refractivity contribution in [2.24, 2.45) is 0 Å². The Hall–Kier alpha value is -1.81. The number of imidazole rings is 1. The van der Waals surface area contributed by atoms with Crippen LogP contribution < -0.4 is 0 Å². The number of aryl methyl sites for hydroxylation is 2. The maximum Gasteiger partial charge on any atom is 0.163 e. The summed E-state index contributed by atoms with van der Waals surface area (Å²) in [5.41, 5.74) is 3.94. The Balaban J connectivity index is 2.40. The van der Waals surface area contributed by atoms with Crippen LogP contribution in [-0.2, 0) is 6.54 Å². The summed E-state index contributed by atoms with van der Waals surface area (Å²) in [4.78, 5) is 4.70. The van der Waals surface area contributed by atoms with Crippen LogP contribution in [0.4, 0.5) is 0 Å². The number of rotatable bonds is 3. The zero-order valence-corrected chi connectivity index (χ0v) is 12.6. The molecule has 1 atom stereocenters. The molecule has 3 aromatic rings. The molecule has 2 aromatic heterocycles. The van der Waals surface area contributed by atoms with Gasteiger partial charge in [0.2, 0.25) is 0 Å². The summed E-state index contributed by atoms with van der Waals surface area (Å²) in [7, 11) is 0. The summed E-state index contributed by atoms with van der Waals surface area (Å²) >= 11 is 6.32. The Morgan fingerprint density at radius 3 is 2.55 bits per heavy atom. The summed E-state index contributed by atoms with van der Waals surface area (Å²) in [6, 6.07) is 10.2. The van der Waals surface area contributed by atoms with Crippen molar-refractivity contribution in [1.29, 1.82) is 0 Å². The second kappa shape index (κ2) is 4.94. The van der Waals surface area contributed by atoms with Crippen LogP contribution in [0.2, 0.25) is 0 Å². The lowest BCUT2D eigenvalue weighted by Gasteiger charge is -2.11. The standard InChI is InChI=1S/C15H17ClN4/c1-4-19-15-13(11(3)18-19)17-14(10(2)16)20(15)12-8-6-5-7-9-12/h5-10H,4H2,1-3H3. The number of para-hydroxylation sites is 1. The normalized spacial score (nSPS) is 13.0. The molecule has 0 bridgehead atoms. The van der Waals surface area contributed by atoms with Gasteiger partial charge >= 0.3 is 0 Å². The first-order chi connectivity index (χ1) is 9.63. The smallest absolute Gasteiger partial charge is 0.163 e. The maximum atomic E-state index is 6.32. The third kappa shape index (κ3) is 1.91. The summed E-state index contributed by atoms with van der Waals surface area (Å²) in [6.07, 6.45) is 0. The van der Waals surface area contributed by atoms with Gasteiger partial charge in [-0.25, -0.2) is 9.67 Å². The van der Waals surface area contributed by atoms with Gasteiger partial charge in [-0.05, 0) is 32.9 Å². The SMILES string of the molecule is CCn1nc(C)c2nc(C(C)Cl)n(-c3ccccc3)c21. The van der Waals surface area contributed by atoms with E-state index in [4.69, 9.17) is 16.6 Å². The Bertz CT molecular complexity index is 740. The van der Waals surface area contributed by atoms with E-state index in [2.05, 4.69) is 28.7 Å². The molecule has 0 saturated carbocycles. The van der Waals surface area contributed by atoms with Gasteiger partial charge in [0.25, 0.3) is 0 Å². The topological polar surface area (TPSA) is 35.6 Å². The van der Waals surface area contributed by atoms with E-state index in [1.165, 1.54) is 0 Å². The van der Waals surface area contributed by atoms with Gasteiger partial charge in [-0.2, -0.15) is 5.10 Å². The molecule has 2 heterocycles. The molecule has 104 valence electrons. The van der Waals surface area contributed by atoms with Crippen LogP contribution in [0.15, 0.2) is 30.3 Å². The lowest BCUT2D eigenvalue weighted by molar-refractivity contribution is 0.658. The molecule has 0 N–H and O–H groups in total. The number of aromatic nitrogens is 4. The van der Waals surface area contributed by atoms with Crippen LogP contribution in [0.25, 0.3) is 16.9 Å². The van der Waals surface area contributed by atoms with Gasteiger partial charge in [0, 0.05) is 12.2 Å². The quantitative estimate of drug-likeness (QED) is 0.686. The molecular weight excluding hydrogens is 272 g/mol. The third-order valence-electron chi connectivity index (χ3n) is 3.41. The number of alkyl halides is 1. The van der Waals surface area contributed by atoms with Gasteiger partial charge in [-0.1, -0.05) is 18.2 Å². The van der Waals surface area contributed by atoms with E-state index >= 15 is 0 Å². The maximum absolute atomic E-state index is 6.32. The molecule has 0 amide bonds. The molecule has 0 radical (unpaired) electrons. The van der Waals surface area contributed by atoms with E-state index in [9.17, 15) is 0 Å². The minimum Gasteiger partial charge on any atom is -0.280 e. The summed E-state index contributed by atoms with van der Waals surface area (Å²) < 4.78 is 4.09. The van der Waals surface area contributed by atoms with E-state index in [1.54, 1.807) is 0 Å². The fourth-order valence-corrected chi connectivity index (χ4v) is 2.65. The van der Waals surface area contributed by atoms with E-state index in [-0.39, 0.29) is 5.38 Å². The van der Waals surface area contributed by atoms with Crippen LogP contribution in [0.1, 0.15) is 30.7 Å². The lowest BCUT2D eigenvalue weighted by atomic mass is 10.3. The average Bonchev–Trinajstić information content (AvgIpc) is 2.98. The van der Waals surface area contributed by atoms with Crippen molar-refractivity contribution in [1.82, 2.24) is 19.3 Å². The highest BCUT2D eigenvalue weighted by molar-refractivity contribution is 6.20. The summed E-state index contributed by atoms with van der Waals surface area (Å²) in [6.45, 7) is 6.82. The molecule has 5 heteroatoms. The number of hydrogen-bond acceptors (Lipinski definition) is 2. The van der Waals surface area contributed by atoms with Crippen molar-refractivity contribution in [2.45, 2.75) is 32.7 Å². The first-order valence-corrected chi connectivity index (χ1v) is 7.22. The summed E-state index contributed by atoms with van der Waals surface area (Å²) in [5, 5.41) is 4.39. The number of hydrogen-bond donors (Lipinski definition) is 0. The predicted octanol–water partition coefficient (Wildman–Crippen LogP) is 3.85. The molecule has 0 aliphatic rings. The first kappa shape index (κ1) is 13.2. The highest BCUT2D eigenvalue weighted by Crippen LogP contribution is 2.29. The average molecular weight is 289 g/mol. The number of halogens is 1. The molecule has 4 nitrogen and oxygen atoms in total. The van der Waals surface area contributed by atoms with Crippen molar-refractivity contribution in [2.75, 3.05) is 0 Å². The Morgan fingerprint density at radius 1 is 1.25 bits per heavy atom. The van der Waals surface area contributed by atoms with Crippen molar-refractivity contribution in [3.63, 3.8) is 0 Å². The Labute approximate surface area is 123 Å². The highest BCUT2D eigenvalue weighted by atomic mass is 35.5. The molecule has 0 fully saturated rings. The lowest BCUT2D eigenvalue weighted by Crippen LogP contribution is -2.07. The molecule has 1 unspecified atom stereocenters. The molecule has 20 heavy (non-hydrogen) atoms.